The zero-order valence-corrected chi connectivity index (χ0v) is 18.5. The van der Waals surface area contributed by atoms with Crippen molar-refractivity contribution in [3.05, 3.63) is 64.2 Å². The molecule has 3 rings (SSSR count). The van der Waals surface area contributed by atoms with Gasteiger partial charge >= 0.3 is 11.8 Å². The van der Waals surface area contributed by atoms with Crippen LogP contribution in [-0.4, -0.2) is 61.4 Å². The first-order chi connectivity index (χ1) is 14.3. The van der Waals surface area contributed by atoms with Crippen molar-refractivity contribution in [3.8, 4) is 0 Å². The number of carbonyl (C=O) groups excluding carboxylic acids is 2. The van der Waals surface area contributed by atoms with Crippen molar-refractivity contribution in [1.29, 1.82) is 0 Å². The highest BCUT2D eigenvalue weighted by Gasteiger charge is 2.25. The second kappa shape index (κ2) is 10.1. The molecule has 0 unspecified atom stereocenters. The van der Waals surface area contributed by atoms with Gasteiger partial charge < -0.3 is 15.5 Å². The molecule has 1 aliphatic rings. The Balaban J connectivity index is 1.66. The lowest BCUT2D eigenvalue weighted by atomic mass is 10.0. The predicted molar refractivity (Wildman–Crippen MR) is 121 cm³/mol. The van der Waals surface area contributed by atoms with Gasteiger partial charge in [-0.05, 0) is 44.2 Å². The maximum atomic E-state index is 12.5. The standard InChI is InChI=1S/C23H29ClN4O2/c1-16-4-7-18(8-5-16)21(28-12-10-27(3)11-13-28)15-25-22(29)23(30)26-20-14-19(24)9-6-17(20)2/h4-9,14,21H,10-13,15H2,1-3H3,(H,25,29)(H,26,30)/t21-/m0/s1. The first-order valence-electron chi connectivity index (χ1n) is 10.2. The van der Waals surface area contributed by atoms with Crippen LogP contribution in [0.1, 0.15) is 22.7 Å². The molecule has 0 radical (unpaired) electrons. The van der Waals surface area contributed by atoms with Crippen LogP contribution in [0.5, 0.6) is 0 Å². The van der Waals surface area contributed by atoms with Crippen molar-refractivity contribution in [2.24, 2.45) is 0 Å². The molecule has 0 aromatic heterocycles. The van der Waals surface area contributed by atoms with Crippen molar-refractivity contribution in [1.82, 2.24) is 15.1 Å². The minimum Gasteiger partial charge on any atom is -0.346 e. The van der Waals surface area contributed by atoms with Crippen LogP contribution in [0.3, 0.4) is 0 Å². The monoisotopic (exact) mass is 428 g/mol. The van der Waals surface area contributed by atoms with Gasteiger partial charge in [-0.1, -0.05) is 47.5 Å². The Hall–Kier alpha value is -2.41. The Morgan fingerprint density at radius 2 is 1.67 bits per heavy atom. The lowest BCUT2D eigenvalue weighted by Crippen LogP contribution is -2.49. The number of carbonyl (C=O) groups is 2. The first-order valence-corrected chi connectivity index (χ1v) is 10.6. The number of hydrogen-bond donors (Lipinski definition) is 2. The number of aryl methyl sites for hydroxylation is 2. The van der Waals surface area contributed by atoms with Crippen LogP contribution in [-0.2, 0) is 9.59 Å². The number of piperazine rings is 1. The summed E-state index contributed by atoms with van der Waals surface area (Å²) in [6, 6.07) is 13.6. The Bertz CT molecular complexity index is 893. The van der Waals surface area contributed by atoms with E-state index >= 15 is 0 Å². The average molecular weight is 429 g/mol. The number of nitrogens with zero attached hydrogens (tertiary/aromatic N) is 2. The summed E-state index contributed by atoms with van der Waals surface area (Å²) in [6.07, 6.45) is 0. The van der Waals surface area contributed by atoms with E-state index in [0.717, 1.165) is 37.3 Å². The molecule has 2 aromatic rings. The normalized spacial score (nSPS) is 16.1. The van der Waals surface area contributed by atoms with Gasteiger partial charge in [0.2, 0.25) is 0 Å². The van der Waals surface area contributed by atoms with Crippen molar-refractivity contribution in [3.63, 3.8) is 0 Å². The van der Waals surface area contributed by atoms with E-state index in [0.29, 0.717) is 17.3 Å². The average Bonchev–Trinajstić information content (AvgIpc) is 2.73. The molecule has 0 saturated carbocycles. The first kappa shape index (κ1) is 22.3. The summed E-state index contributed by atoms with van der Waals surface area (Å²) in [6.45, 7) is 8.06. The summed E-state index contributed by atoms with van der Waals surface area (Å²) in [4.78, 5) is 29.5. The van der Waals surface area contributed by atoms with Crippen molar-refractivity contribution < 1.29 is 9.59 Å². The molecule has 2 N–H and O–H groups in total. The Labute approximate surface area is 183 Å². The molecule has 2 amide bonds. The quantitative estimate of drug-likeness (QED) is 0.718. The third-order valence-electron chi connectivity index (χ3n) is 5.55. The molecule has 2 aromatic carbocycles. The second-order valence-electron chi connectivity index (χ2n) is 7.89. The molecule has 7 heteroatoms. The molecule has 0 spiro atoms. The molecule has 1 aliphatic heterocycles. The molecule has 1 fully saturated rings. The molecule has 0 aliphatic carbocycles. The molecule has 1 saturated heterocycles. The minimum absolute atomic E-state index is 0.0176. The number of benzene rings is 2. The van der Waals surface area contributed by atoms with Crippen LogP contribution in [0.15, 0.2) is 42.5 Å². The van der Waals surface area contributed by atoms with Crippen LogP contribution in [0.25, 0.3) is 0 Å². The van der Waals surface area contributed by atoms with E-state index in [2.05, 4.69) is 58.7 Å². The Morgan fingerprint density at radius 3 is 2.33 bits per heavy atom. The maximum absolute atomic E-state index is 12.5. The molecule has 30 heavy (non-hydrogen) atoms. The number of anilines is 1. The highest BCUT2D eigenvalue weighted by Crippen LogP contribution is 2.23. The lowest BCUT2D eigenvalue weighted by Gasteiger charge is -2.38. The number of likely N-dealkylation sites (N-methyl/N-ethyl adjacent to an activating group) is 1. The van der Waals surface area contributed by atoms with Gasteiger partial charge in [0, 0.05) is 43.4 Å². The van der Waals surface area contributed by atoms with E-state index < -0.39 is 11.8 Å². The van der Waals surface area contributed by atoms with Crippen LogP contribution in [0.4, 0.5) is 5.69 Å². The molecule has 160 valence electrons. The van der Waals surface area contributed by atoms with Gasteiger partial charge in [-0.3, -0.25) is 14.5 Å². The highest BCUT2D eigenvalue weighted by molar-refractivity contribution is 6.40. The second-order valence-corrected chi connectivity index (χ2v) is 8.33. The van der Waals surface area contributed by atoms with Gasteiger partial charge in [0.25, 0.3) is 0 Å². The summed E-state index contributed by atoms with van der Waals surface area (Å²) >= 11 is 6.00. The molecule has 6 nitrogen and oxygen atoms in total. The Kier molecular flexibility index (Phi) is 7.48. The Morgan fingerprint density at radius 1 is 1.00 bits per heavy atom. The van der Waals surface area contributed by atoms with Crippen molar-refractivity contribution in [2.45, 2.75) is 19.9 Å². The summed E-state index contributed by atoms with van der Waals surface area (Å²) in [5.74, 6) is -1.35. The molecular weight excluding hydrogens is 400 g/mol. The zero-order chi connectivity index (χ0) is 21.7. The summed E-state index contributed by atoms with van der Waals surface area (Å²) < 4.78 is 0. The van der Waals surface area contributed by atoms with E-state index in [9.17, 15) is 9.59 Å². The molecule has 1 atom stereocenters. The van der Waals surface area contributed by atoms with Gasteiger partial charge in [0.05, 0.1) is 6.04 Å². The molecule has 1 heterocycles. The summed E-state index contributed by atoms with van der Waals surface area (Å²) in [7, 11) is 2.11. The largest absolute Gasteiger partial charge is 0.346 e. The third-order valence-corrected chi connectivity index (χ3v) is 5.79. The fourth-order valence-electron chi connectivity index (χ4n) is 3.56. The van der Waals surface area contributed by atoms with E-state index in [-0.39, 0.29) is 6.04 Å². The SMILES string of the molecule is Cc1ccc([C@H](CNC(=O)C(=O)Nc2cc(Cl)ccc2C)N2CCN(C)CC2)cc1. The van der Waals surface area contributed by atoms with Crippen molar-refractivity contribution in [2.75, 3.05) is 45.1 Å². The molecule has 0 bridgehead atoms. The topological polar surface area (TPSA) is 64.7 Å². The summed E-state index contributed by atoms with van der Waals surface area (Å²) in [5, 5.41) is 5.98. The predicted octanol–water partition coefficient (Wildman–Crippen LogP) is 3.00. The van der Waals surface area contributed by atoms with Crippen LogP contribution >= 0.6 is 11.6 Å². The van der Waals surface area contributed by atoms with Gasteiger partial charge in [-0.15, -0.1) is 0 Å². The minimum atomic E-state index is -0.693. The smallest absolute Gasteiger partial charge is 0.313 e. The number of rotatable bonds is 5. The third kappa shape index (κ3) is 5.81. The fourth-order valence-corrected chi connectivity index (χ4v) is 3.73. The number of amides is 2. The van der Waals surface area contributed by atoms with E-state index in [4.69, 9.17) is 11.6 Å². The van der Waals surface area contributed by atoms with Crippen LogP contribution in [0.2, 0.25) is 5.02 Å². The van der Waals surface area contributed by atoms with E-state index in [1.54, 1.807) is 18.2 Å². The van der Waals surface area contributed by atoms with Crippen LogP contribution < -0.4 is 10.6 Å². The van der Waals surface area contributed by atoms with Crippen molar-refractivity contribution >= 4 is 29.1 Å². The maximum Gasteiger partial charge on any atom is 0.313 e. The van der Waals surface area contributed by atoms with E-state index in [1.807, 2.05) is 6.92 Å². The zero-order valence-electron chi connectivity index (χ0n) is 17.7. The lowest BCUT2D eigenvalue weighted by molar-refractivity contribution is -0.136. The van der Waals surface area contributed by atoms with Gasteiger partial charge in [0.1, 0.15) is 0 Å². The molecular formula is C23H29ClN4O2. The fraction of sp³-hybridized carbons (Fsp3) is 0.391. The van der Waals surface area contributed by atoms with E-state index in [1.165, 1.54) is 5.56 Å². The summed E-state index contributed by atoms with van der Waals surface area (Å²) in [5.41, 5.74) is 3.71. The van der Waals surface area contributed by atoms with Crippen LogP contribution in [0, 0.1) is 13.8 Å². The number of nitrogens with one attached hydrogen (secondary N) is 2. The highest BCUT2D eigenvalue weighted by atomic mass is 35.5. The number of halogens is 1. The van der Waals surface area contributed by atoms with Gasteiger partial charge in [-0.2, -0.15) is 0 Å². The number of hydrogen-bond acceptors (Lipinski definition) is 4. The van der Waals surface area contributed by atoms with Gasteiger partial charge in [0.15, 0.2) is 0 Å². The van der Waals surface area contributed by atoms with Gasteiger partial charge in [-0.25, -0.2) is 0 Å².